The van der Waals surface area contributed by atoms with Gasteiger partial charge in [-0.15, -0.1) is 10.2 Å². The zero-order chi connectivity index (χ0) is 16.1. The number of hydrogen-bond acceptors (Lipinski definition) is 5. The number of aromatic nitrogens is 3. The van der Waals surface area contributed by atoms with Crippen LogP contribution in [0.2, 0.25) is 0 Å². The third kappa shape index (κ3) is 3.97. The van der Waals surface area contributed by atoms with E-state index in [0.717, 1.165) is 5.69 Å². The molecule has 1 aromatic carbocycles. The highest BCUT2D eigenvalue weighted by Gasteiger charge is 2.15. The Hall–Kier alpha value is -3.09. The lowest BCUT2D eigenvalue weighted by atomic mass is 10.1. The number of rotatable bonds is 5. The van der Waals surface area contributed by atoms with E-state index in [4.69, 9.17) is 4.42 Å². The lowest BCUT2D eigenvalue weighted by Crippen LogP contribution is -2.23. The number of hydrogen-bond donors (Lipinski definition) is 1. The summed E-state index contributed by atoms with van der Waals surface area (Å²) >= 11 is 0. The molecule has 0 atom stereocenters. The van der Waals surface area contributed by atoms with Crippen LogP contribution in [0.1, 0.15) is 27.8 Å². The Balaban J connectivity index is 1.61. The maximum absolute atomic E-state index is 13.1. The molecule has 0 aliphatic heterocycles. The molecule has 0 aliphatic carbocycles. The minimum Gasteiger partial charge on any atom is -0.417 e. The summed E-state index contributed by atoms with van der Waals surface area (Å²) in [5.74, 6) is -0.699. The van der Waals surface area contributed by atoms with Crippen molar-refractivity contribution in [3.05, 3.63) is 77.5 Å². The minimum absolute atomic E-state index is 0.132. The van der Waals surface area contributed by atoms with Crippen LogP contribution in [0, 0.1) is 5.82 Å². The summed E-state index contributed by atoms with van der Waals surface area (Å²) in [6.07, 6.45) is 1.91. The van der Waals surface area contributed by atoms with Crippen molar-refractivity contribution in [2.75, 3.05) is 0 Å². The number of pyridine rings is 1. The van der Waals surface area contributed by atoms with Crippen LogP contribution >= 0.6 is 0 Å². The van der Waals surface area contributed by atoms with Crippen molar-refractivity contribution < 1.29 is 13.6 Å². The van der Waals surface area contributed by atoms with Crippen LogP contribution in [-0.4, -0.2) is 21.1 Å². The summed E-state index contributed by atoms with van der Waals surface area (Å²) in [5, 5.41) is 10.1. The number of halogens is 1. The van der Waals surface area contributed by atoms with E-state index in [1.165, 1.54) is 12.1 Å². The summed E-state index contributed by atoms with van der Waals surface area (Å²) in [6.45, 7) is 0.265. The topological polar surface area (TPSA) is 80.9 Å². The van der Waals surface area contributed by atoms with Crippen LogP contribution in [0.25, 0.3) is 0 Å². The van der Waals surface area contributed by atoms with Gasteiger partial charge in [0.1, 0.15) is 5.82 Å². The quantitative estimate of drug-likeness (QED) is 0.780. The van der Waals surface area contributed by atoms with Gasteiger partial charge < -0.3 is 9.73 Å². The molecule has 1 N–H and O–H groups in total. The van der Waals surface area contributed by atoms with Crippen molar-refractivity contribution in [3.8, 4) is 0 Å². The van der Waals surface area contributed by atoms with E-state index in [1.807, 2.05) is 6.07 Å². The first kappa shape index (κ1) is 14.8. The fraction of sp³-hybridized carbons (Fsp3) is 0.125. The predicted octanol–water partition coefficient (Wildman–Crippen LogP) is 2.12. The van der Waals surface area contributed by atoms with Gasteiger partial charge >= 0.3 is 11.8 Å². The molecular weight excluding hydrogens is 299 g/mol. The van der Waals surface area contributed by atoms with Gasteiger partial charge in [0.15, 0.2) is 0 Å². The monoisotopic (exact) mass is 312 g/mol. The van der Waals surface area contributed by atoms with Gasteiger partial charge in [0.25, 0.3) is 0 Å². The molecule has 3 aromatic rings. The molecule has 6 nitrogen and oxygen atoms in total. The molecule has 0 fully saturated rings. The first-order valence-corrected chi connectivity index (χ1v) is 6.95. The zero-order valence-corrected chi connectivity index (χ0v) is 12.1. The van der Waals surface area contributed by atoms with Crippen molar-refractivity contribution in [1.82, 2.24) is 20.5 Å². The van der Waals surface area contributed by atoms with E-state index < -0.39 is 5.91 Å². The third-order valence-corrected chi connectivity index (χ3v) is 3.06. The fourth-order valence-corrected chi connectivity index (χ4v) is 1.99. The summed E-state index contributed by atoms with van der Waals surface area (Å²) in [6, 6.07) is 11.5. The highest BCUT2D eigenvalue weighted by atomic mass is 19.1. The Morgan fingerprint density at radius 1 is 1.17 bits per heavy atom. The van der Waals surface area contributed by atoms with Gasteiger partial charge in [-0.2, -0.15) is 0 Å². The predicted molar refractivity (Wildman–Crippen MR) is 78.9 cm³/mol. The molecule has 1 amide bonds. The molecule has 0 saturated carbocycles. The van der Waals surface area contributed by atoms with Gasteiger partial charge in [-0.3, -0.25) is 9.78 Å². The van der Waals surface area contributed by atoms with Crippen LogP contribution in [-0.2, 0) is 13.0 Å². The molecule has 0 bridgehead atoms. The number of carbonyl (C=O) groups excluding carboxylic acids is 1. The van der Waals surface area contributed by atoms with E-state index in [2.05, 4.69) is 20.5 Å². The SMILES string of the molecule is O=C(NCc1ccccn1)c1nnc(Cc2cccc(F)c2)o1. The van der Waals surface area contributed by atoms with E-state index in [-0.39, 0.29) is 30.6 Å². The molecule has 116 valence electrons. The van der Waals surface area contributed by atoms with Crippen LogP contribution in [0.3, 0.4) is 0 Å². The van der Waals surface area contributed by atoms with Gasteiger partial charge in [-0.25, -0.2) is 4.39 Å². The van der Waals surface area contributed by atoms with Crippen LogP contribution in [0.4, 0.5) is 4.39 Å². The van der Waals surface area contributed by atoms with Gasteiger partial charge in [-0.05, 0) is 29.8 Å². The molecule has 3 rings (SSSR count). The van der Waals surface area contributed by atoms with E-state index >= 15 is 0 Å². The Morgan fingerprint density at radius 2 is 2.09 bits per heavy atom. The molecule has 2 heterocycles. The molecule has 0 saturated heterocycles. The summed E-state index contributed by atoms with van der Waals surface area (Å²) in [5.41, 5.74) is 1.41. The second-order valence-corrected chi connectivity index (χ2v) is 4.81. The van der Waals surface area contributed by atoms with Gasteiger partial charge in [0.05, 0.1) is 18.7 Å². The van der Waals surface area contributed by atoms with Crippen LogP contribution in [0.15, 0.2) is 53.1 Å². The van der Waals surface area contributed by atoms with Crippen LogP contribution in [0.5, 0.6) is 0 Å². The standard InChI is InChI=1S/C16H13FN4O2/c17-12-5-3-4-11(8-12)9-14-20-21-16(23-14)15(22)19-10-13-6-1-2-7-18-13/h1-8H,9-10H2,(H,19,22). The largest absolute Gasteiger partial charge is 0.417 e. The van der Waals surface area contributed by atoms with E-state index in [9.17, 15) is 9.18 Å². The molecule has 0 spiro atoms. The molecule has 23 heavy (non-hydrogen) atoms. The van der Waals surface area contributed by atoms with Crippen molar-refractivity contribution in [2.45, 2.75) is 13.0 Å². The molecular formula is C16H13FN4O2. The van der Waals surface area contributed by atoms with E-state index in [0.29, 0.717) is 5.56 Å². The third-order valence-electron chi connectivity index (χ3n) is 3.06. The maximum atomic E-state index is 13.1. The Morgan fingerprint density at radius 3 is 2.87 bits per heavy atom. The average Bonchev–Trinajstić information content (AvgIpc) is 3.02. The first-order chi connectivity index (χ1) is 11.2. The molecule has 0 unspecified atom stereocenters. The maximum Gasteiger partial charge on any atom is 0.309 e. The highest BCUT2D eigenvalue weighted by molar-refractivity contribution is 5.89. The summed E-state index contributed by atoms with van der Waals surface area (Å²) < 4.78 is 18.4. The number of carbonyl (C=O) groups is 1. The Bertz CT molecular complexity index is 805. The Labute approximate surface area is 131 Å². The molecule has 7 heteroatoms. The van der Waals surface area contributed by atoms with Crippen molar-refractivity contribution in [1.29, 1.82) is 0 Å². The van der Waals surface area contributed by atoms with E-state index in [1.54, 1.807) is 30.5 Å². The summed E-state index contributed by atoms with van der Waals surface area (Å²) in [4.78, 5) is 16.0. The van der Waals surface area contributed by atoms with Gasteiger partial charge in [0.2, 0.25) is 5.89 Å². The van der Waals surface area contributed by atoms with Crippen molar-refractivity contribution in [2.24, 2.45) is 0 Å². The number of amides is 1. The van der Waals surface area contributed by atoms with Crippen LogP contribution < -0.4 is 5.32 Å². The van der Waals surface area contributed by atoms with Crippen molar-refractivity contribution >= 4 is 5.91 Å². The second-order valence-electron chi connectivity index (χ2n) is 4.81. The average molecular weight is 312 g/mol. The minimum atomic E-state index is -0.478. The smallest absolute Gasteiger partial charge is 0.309 e. The number of nitrogens with zero attached hydrogens (tertiary/aromatic N) is 3. The number of nitrogens with one attached hydrogen (secondary N) is 1. The molecule has 0 radical (unpaired) electrons. The lowest BCUT2D eigenvalue weighted by Gasteiger charge is -2.01. The fourth-order valence-electron chi connectivity index (χ4n) is 1.99. The Kier molecular flexibility index (Phi) is 4.37. The number of benzene rings is 1. The van der Waals surface area contributed by atoms with Crippen molar-refractivity contribution in [3.63, 3.8) is 0 Å². The highest BCUT2D eigenvalue weighted by Crippen LogP contribution is 2.10. The molecule has 2 aromatic heterocycles. The lowest BCUT2D eigenvalue weighted by molar-refractivity contribution is 0.0914. The zero-order valence-electron chi connectivity index (χ0n) is 12.1. The molecule has 0 aliphatic rings. The first-order valence-electron chi connectivity index (χ1n) is 6.95. The normalized spacial score (nSPS) is 10.5. The second kappa shape index (κ2) is 6.78. The van der Waals surface area contributed by atoms with Gasteiger partial charge in [0, 0.05) is 6.20 Å². The van der Waals surface area contributed by atoms with Gasteiger partial charge in [-0.1, -0.05) is 18.2 Å². The summed E-state index contributed by atoms with van der Waals surface area (Å²) in [7, 11) is 0.